The first-order valence-electron chi connectivity index (χ1n) is 7.24. The molecule has 0 aliphatic heterocycles. The predicted molar refractivity (Wildman–Crippen MR) is 83.2 cm³/mol. The fraction of sp³-hybridized carbons (Fsp3) is 0.714. The molecule has 0 fully saturated rings. The Bertz CT molecular complexity index is 382. The molecule has 114 valence electrons. The SMILES string of the molecule is CCN(CC)CCCNc1cc(NC)nc(COC)n1. The van der Waals surface area contributed by atoms with Crippen molar-refractivity contribution in [3.05, 3.63) is 11.9 Å². The Morgan fingerprint density at radius 2 is 1.90 bits per heavy atom. The lowest BCUT2D eigenvalue weighted by atomic mass is 10.3. The van der Waals surface area contributed by atoms with Crippen LogP contribution in [-0.4, -0.2) is 55.2 Å². The molecule has 1 aromatic heterocycles. The molecule has 2 N–H and O–H groups in total. The summed E-state index contributed by atoms with van der Waals surface area (Å²) in [5, 5.41) is 6.39. The zero-order valence-corrected chi connectivity index (χ0v) is 13.1. The van der Waals surface area contributed by atoms with E-state index in [0.717, 1.165) is 44.2 Å². The van der Waals surface area contributed by atoms with Gasteiger partial charge in [0, 0.05) is 26.8 Å². The molecular formula is C14H27N5O. The maximum atomic E-state index is 5.08. The lowest BCUT2D eigenvalue weighted by Gasteiger charge is -2.18. The number of nitrogens with zero attached hydrogens (tertiary/aromatic N) is 3. The van der Waals surface area contributed by atoms with Crippen molar-refractivity contribution >= 4 is 11.6 Å². The Morgan fingerprint density at radius 1 is 1.20 bits per heavy atom. The van der Waals surface area contributed by atoms with E-state index in [-0.39, 0.29) is 0 Å². The van der Waals surface area contributed by atoms with Crippen molar-refractivity contribution in [1.29, 1.82) is 0 Å². The van der Waals surface area contributed by atoms with Crippen LogP contribution in [0.1, 0.15) is 26.1 Å². The van der Waals surface area contributed by atoms with Crippen LogP contribution < -0.4 is 10.6 Å². The topological polar surface area (TPSA) is 62.3 Å². The van der Waals surface area contributed by atoms with Crippen LogP contribution >= 0.6 is 0 Å². The lowest BCUT2D eigenvalue weighted by molar-refractivity contribution is 0.178. The highest BCUT2D eigenvalue weighted by molar-refractivity contribution is 5.47. The Balaban J connectivity index is 2.48. The molecule has 1 rings (SSSR count). The van der Waals surface area contributed by atoms with Gasteiger partial charge in [0.1, 0.15) is 18.2 Å². The number of ether oxygens (including phenoxy) is 1. The summed E-state index contributed by atoms with van der Waals surface area (Å²) in [6, 6.07) is 1.91. The van der Waals surface area contributed by atoms with Gasteiger partial charge in [-0.2, -0.15) is 0 Å². The number of methoxy groups -OCH3 is 1. The monoisotopic (exact) mass is 281 g/mol. The molecule has 6 heteroatoms. The summed E-state index contributed by atoms with van der Waals surface area (Å²) >= 11 is 0. The summed E-state index contributed by atoms with van der Waals surface area (Å²) in [7, 11) is 3.50. The largest absolute Gasteiger partial charge is 0.377 e. The van der Waals surface area contributed by atoms with Gasteiger partial charge in [0.2, 0.25) is 0 Å². The van der Waals surface area contributed by atoms with Crippen LogP contribution in [0.15, 0.2) is 6.07 Å². The van der Waals surface area contributed by atoms with E-state index in [9.17, 15) is 0 Å². The number of nitrogens with one attached hydrogen (secondary N) is 2. The van der Waals surface area contributed by atoms with E-state index in [0.29, 0.717) is 12.4 Å². The summed E-state index contributed by atoms with van der Waals surface area (Å²) in [6.07, 6.45) is 1.10. The summed E-state index contributed by atoms with van der Waals surface area (Å²) in [6.45, 7) is 9.02. The second-order valence-corrected chi connectivity index (χ2v) is 4.54. The maximum Gasteiger partial charge on any atom is 0.158 e. The molecule has 1 heterocycles. The smallest absolute Gasteiger partial charge is 0.158 e. The van der Waals surface area contributed by atoms with Crippen LogP contribution in [0.25, 0.3) is 0 Å². The van der Waals surface area contributed by atoms with Gasteiger partial charge < -0.3 is 20.3 Å². The Hall–Kier alpha value is -1.40. The number of anilines is 2. The van der Waals surface area contributed by atoms with Gasteiger partial charge in [-0.15, -0.1) is 0 Å². The van der Waals surface area contributed by atoms with Crippen molar-refractivity contribution in [3.8, 4) is 0 Å². The van der Waals surface area contributed by atoms with Crippen LogP contribution in [0.3, 0.4) is 0 Å². The van der Waals surface area contributed by atoms with Crippen molar-refractivity contribution < 1.29 is 4.74 Å². The van der Waals surface area contributed by atoms with E-state index in [1.54, 1.807) is 7.11 Å². The number of hydrogen-bond donors (Lipinski definition) is 2. The highest BCUT2D eigenvalue weighted by Crippen LogP contribution is 2.11. The minimum absolute atomic E-state index is 0.420. The van der Waals surface area contributed by atoms with Gasteiger partial charge in [-0.3, -0.25) is 0 Å². The first kappa shape index (κ1) is 16.7. The third-order valence-corrected chi connectivity index (χ3v) is 3.15. The summed E-state index contributed by atoms with van der Waals surface area (Å²) in [4.78, 5) is 11.2. The zero-order chi connectivity index (χ0) is 14.8. The van der Waals surface area contributed by atoms with Gasteiger partial charge in [0.05, 0.1) is 0 Å². The van der Waals surface area contributed by atoms with Gasteiger partial charge in [0.15, 0.2) is 5.82 Å². The van der Waals surface area contributed by atoms with Crippen molar-refractivity contribution in [3.63, 3.8) is 0 Å². The predicted octanol–water partition coefficient (Wildman–Crippen LogP) is 1.81. The van der Waals surface area contributed by atoms with Crippen LogP contribution in [-0.2, 0) is 11.3 Å². The highest BCUT2D eigenvalue weighted by atomic mass is 16.5. The van der Waals surface area contributed by atoms with Crippen LogP contribution in [0.2, 0.25) is 0 Å². The van der Waals surface area contributed by atoms with Gasteiger partial charge in [0.25, 0.3) is 0 Å². The molecule has 0 unspecified atom stereocenters. The first-order valence-corrected chi connectivity index (χ1v) is 7.24. The van der Waals surface area contributed by atoms with Gasteiger partial charge >= 0.3 is 0 Å². The molecule has 0 aliphatic carbocycles. The van der Waals surface area contributed by atoms with Crippen molar-refractivity contribution in [1.82, 2.24) is 14.9 Å². The molecule has 6 nitrogen and oxygen atoms in total. The molecule has 1 aromatic rings. The van der Waals surface area contributed by atoms with E-state index < -0.39 is 0 Å². The summed E-state index contributed by atoms with van der Waals surface area (Å²) in [5.41, 5.74) is 0. The van der Waals surface area contributed by atoms with Gasteiger partial charge in [-0.05, 0) is 26.1 Å². The molecule has 0 bridgehead atoms. The fourth-order valence-electron chi connectivity index (χ4n) is 1.97. The average Bonchev–Trinajstić information content (AvgIpc) is 2.47. The average molecular weight is 281 g/mol. The molecule has 0 saturated carbocycles. The molecule has 0 saturated heterocycles. The summed E-state index contributed by atoms with van der Waals surface area (Å²) < 4.78 is 5.08. The normalized spacial score (nSPS) is 10.8. The molecule has 0 atom stereocenters. The molecule has 0 spiro atoms. The molecule has 20 heavy (non-hydrogen) atoms. The van der Waals surface area contributed by atoms with Crippen molar-refractivity contribution in [2.75, 3.05) is 51.0 Å². The van der Waals surface area contributed by atoms with Gasteiger partial charge in [-0.1, -0.05) is 13.8 Å². The molecule has 0 amide bonds. The minimum Gasteiger partial charge on any atom is -0.377 e. The number of aromatic nitrogens is 2. The molecular weight excluding hydrogens is 254 g/mol. The third-order valence-electron chi connectivity index (χ3n) is 3.15. The molecule has 0 radical (unpaired) electrons. The van der Waals surface area contributed by atoms with E-state index >= 15 is 0 Å². The number of hydrogen-bond acceptors (Lipinski definition) is 6. The van der Waals surface area contributed by atoms with Crippen molar-refractivity contribution in [2.24, 2.45) is 0 Å². The van der Waals surface area contributed by atoms with E-state index in [1.165, 1.54) is 0 Å². The van der Waals surface area contributed by atoms with Crippen LogP contribution in [0.5, 0.6) is 0 Å². The Kier molecular flexibility index (Phi) is 7.91. The Morgan fingerprint density at radius 3 is 2.50 bits per heavy atom. The third kappa shape index (κ3) is 5.71. The number of rotatable bonds is 10. The standard InChI is InChI=1S/C14H27N5O/c1-5-19(6-2)9-7-8-16-13-10-12(15-3)17-14(18-13)11-20-4/h10H,5-9,11H2,1-4H3,(H2,15,16,17,18). The quantitative estimate of drug-likeness (QED) is 0.638. The van der Waals surface area contributed by atoms with Crippen molar-refractivity contribution in [2.45, 2.75) is 26.9 Å². The van der Waals surface area contributed by atoms with E-state index in [4.69, 9.17) is 4.74 Å². The maximum absolute atomic E-state index is 5.08. The van der Waals surface area contributed by atoms with Gasteiger partial charge in [-0.25, -0.2) is 9.97 Å². The first-order chi connectivity index (χ1) is 9.73. The minimum atomic E-state index is 0.420. The van der Waals surface area contributed by atoms with Crippen LogP contribution in [0, 0.1) is 0 Å². The molecule has 0 aromatic carbocycles. The van der Waals surface area contributed by atoms with E-state index in [1.807, 2.05) is 13.1 Å². The summed E-state index contributed by atoms with van der Waals surface area (Å²) in [5.74, 6) is 2.33. The Labute approximate surface area is 121 Å². The lowest BCUT2D eigenvalue weighted by Crippen LogP contribution is -2.25. The second-order valence-electron chi connectivity index (χ2n) is 4.54. The highest BCUT2D eigenvalue weighted by Gasteiger charge is 2.04. The zero-order valence-electron chi connectivity index (χ0n) is 13.1. The molecule has 0 aliphatic rings. The fourth-order valence-corrected chi connectivity index (χ4v) is 1.97. The van der Waals surface area contributed by atoms with E-state index in [2.05, 4.69) is 39.3 Å². The van der Waals surface area contributed by atoms with Crippen LogP contribution in [0.4, 0.5) is 11.6 Å². The second kappa shape index (κ2) is 9.50.